The first-order valence-corrected chi connectivity index (χ1v) is 6.49. The van der Waals surface area contributed by atoms with Gasteiger partial charge in [-0.3, -0.25) is 4.90 Å². The van der Waals surface area contributed by atoms with E-state index in [0.29, 0.717) is 5.92 Å². The second-order valence-electron chi connectivity index (χ2n) is 5.00. The molecule has 0 aliphatic carbocycles. The first-order chi connectivity index (χ1) is 8.80. The Kier molecular flexibility index (Phi) is 3.16. The number of rotatable bonds is 3. The molecule has 2 radical (unpaired) electrons. The molecular weight excluding hydrogens is 226 g/mol. The second kappa shape index (κ2) is 4.81. The smallest absolute Gasteiger partial charge is 0.122 e. The van der Waals surface area contributed by atoms with Gasteiger partial charge in [0.15, 0.2) is 0 Å². The SMILES string of the molecule is COc1cc(OC)cc([C]2[CH]N3CCC2CC3)c1. The van der Waals surface area contributed by atoms with Crippen LogP contribution in [0, 0.1) is 18.4 Å². The van der Waals surface area contributed by atoms with Gasteiger partial charge in [0.1, 0.15) is 11.5 Å². The van der Waals surface area contributed by atoms with Gasteiger partial charge >= 0.3 is 0 Å². The van der Waals surface area contributed by atoms with E-state index in [1.54, 1.807) is 14.2 Å². The molecule has 3 aliphatic rings. The lowest BCUT2D eigenvalue weighted by Gasteiger charge is -2.44. The van der Waals surface area contributed by atoms with Crippen molar-refractivity contribution in [2.45, 2.75) is 12.8 Å². The molecule has 0 atom stereocenters. The quantitative estimate of drug-likeness (QED) is 0.816. The van der Waals surface area contributed by atoms with Crippen LogP contribution >= 0.6 is 0 Å². The maximum absolute atomic E-state index is 5.35. The third kappa shape index (κ3) is 2.07. The summed E-state index contributed by atoms with van der Waals surface area (Å²) in [5, 5.41) is 0. The molecule has 1 aromatic rings. The summed E-state index contributed by atoms with van der Waals surface area (Å²) in [6, 6.07) is 6.14. The maximum atomic E-state index is 5.35. The summed E-state index contributed by atoms with van der Waals surface area (Å²) < 4.78 is 10.7. The van der Waals surface area contributed by atoms with Gasteiger partial charge in [-0.2, -0.15) is 0 Å². The van der Waals surface area contributed by atoms with Gasteiger partial charge in [-0.05, 0) is 49.5 Å². The van der Waals surface area contributed by atoms with Gasteiger partial charge in [0, 0.05) is 18.5 Å². The minimum Gasteiger partial charge on any atom is -0.497 e. The van der Waals surface area contributed by atoms with Crippen LogP contribution in [0.5, 0.6) is 11.5 Å². The van der Waals surface area contributed by atoms with Crippen LogP contribution in [0.3, 0.4) is 0 Å². The van der Waals surface area contributed by atoms with Gasteiger partial charge in [0.25, 0.3) is 0 Å². The van der Waals surface area contributed by atoms with E-state index in [-0.39, 0.29) is 0 Å². The standard InChI is InChI=1S/C15H19NO2/c1-17-13-7-12(8-14(9-13)18-2)15-10-16-5-3-11(15)4-6-16/h7-11H,3-6H2,1-2H3. The number of hydrogen-bond donors (Lipinski definition) is 0. The fourth-order valence-electron chi connectivity index (χ4n) is 2.93. The predicted octanol–water partition coefficient (Wildman–Crippen LogP) is 2.51. The van der Waals surface area contributed by atoms with Crippen molar-refractivity contribution < 1.29 is 9.47 Å². The summed E-state index contributed by atoms with van der Waals surface area (Å²) in [6.45, 7) is 4.72. The van der Waals surface area contributed by atoms with Gasteiger partial charge in [0.2, 0.25) is 0 Å². The molecular formula is C15H19NO2. The highest BCUT2D eigenvalue weighted by Crippen LogP contribution is 2.42. The molecule has 1 aromatic carbocycles. The van der Waals surface area contributed by atoms with E-state index >= 15 is 0 Å². The highest BCUT2D eigenvalue weighted by atomic mass is 16.5. The fraction of sp³-hybridized carbons (Fsp3) is 0.467. The average molecular weight is 245 g/mol. The summed E-state index contributed by atoms with van der Waals surface area (Å²) in [7, 11) is 3.40. The first kappa shape index (κ1) is 11.8. The molecule has 3 heteroatoms. The van der Waals surface area contributed by atoms with Crippen LogP contribution in [0.1, 0.15) is 18.4 Å². The summed E-state index contributed by atoms with van der Waals surface area (Å²) >= 11 is 0. The van der Waals surface area contributed by atoms with Gasteiger partial charge in [-0.25, -0.2) is 0 Å². The number of piperidine rings is 3. The number of fused-ring (bicyclic) bond motifs is 3. The van der Waals surface area contributed by atoms with Gasteiger partial charge < -0.3 is 9.47 Å². The predicted molar refractivity (Wildman–Crippen MR) is 70.5 cm³/mol. The number of hydrogen-bond acceptors (Lipinski definition) is 3. The lowest BCUT2D eigenvalue weighted by Crippen LogP contribution is -2.43. The molecule has 0 N–H and O–H groups in total. The van der Waals surface area contributed by atoms with Crippen LogP contribution < -0.4 is 9.47 Å². The number of nitrogens with zero attached hydrogens (tertiary/aromatic N) is 1. The van der Waals surface area contributed by atoms with Crippen molar-refractivity contribution in [3.8, 4) is 11.5 Å². The minimum absolute atomic E-state index is 0.701. The Morgan fingerprint density at radius 3 is 2.06 bits per heavy atom. The van der Waals surface area contributed by atoms with Gasteiger partial charge in [-0.1, -0.05) is 0 Å². The van der Waals surface area contributed by atoms with Crippen LogP contribution in [0.4, 0.5) is 0 Å². The number of ether oxygens (including phenoxy) is 2. The fourth-order valence-corrected chi connectivity index (χ4v) is 2.93. The lowest BCUT2D eigenvalue weighted by molar-refractivity contribution is 0.179. The van der Waals surface area contributed by atoms with Crippen LogP contribution in [0.25, 0.3) is 0 Å². The zero-order valence-corrected chi connectivity index (χ0v) is 11.0. The summed E-state index contributed by atoms with van der Waals surface area (Å²) in [5.41, 5.74) is 1.24. The Morgan fingerprint density at radius 1 is 1.00 bits per heavy atom. The van der Waals surface area contributed by atoms with Crippen LogP contribution in [-0.2, 0) is 0 Å². The Labute approximate surface area is 109 Å². The van der Waals surface area contributed by atoms with Crippen molar-refractivity contribution in [2.75, 3.05) is 27.3 Å². The summed E-state index contributed by atoms with van der Waals surface area (Å²) in [5.74, 6) is 3.86. The molecule has 18 heavy (non-hydrogen) atoms. The molecule has 3 heterocycles. The minimum atomic E-state index is 0.701. The molecule has 0 saturated carbocycles. The van der Waals surface area contributed by atoms with E-state index in [1.165, 1.54) is 37.4 Å². The molecule has 0 aromatic heterocycles. The van der Waals surface area contributed by atoms with Crippen molar-refractivity contribution >= 4 is 0 Å². The monoisotopic (exact) mass is 245 g/mol. The molecule has 4 rings (SSSR count). The third-order valence-electron chi connectivity index (χ3n) is 3.98. The van der Waals surface area contributed by atoms with Crippen molar-refractivity contribution in [2.24, 2.45) is 5.92 Å². The van der Waals surface area contributed by atoms with Crippen molar-refractivity contribution in [3.05, 3.63) is 36.2 Å². The second-order valence-corrected chi connectivity index (χ2v) is 5.00. The Bertz CT molecular complexity index is 402. The number of methoxy groups -OCH3 is 2. The van der Waals surface area contributed by atoms with Crippen molar-refractivity contribution in [1.29, 1.82) is 0 Å². The van der Waals surface area contributed by atoms with Crippen molar-refractivity contribution in [1.82, 2.24) is 4.90 Å². The highest BCUT2D eigenvalue weighted by Gasteiger charge is 2.36. The molecule has 3 saturated heterocycles. The zero-order chi connectivity index (χ0) is 12.5. The normalized spacial score (nSPS) is 27.2. The lowest BCUT2D eigenvalue weighted by atomic mass is 9.75. The number of benzene rings is 1. The van der Waals surface area contributed by atoms with E-state index in [9.17, 15) is 0 Å². The molecule has 2 bridgehead atoms. The molecule has 0 amide bonds. The highest BCUT2D eigenvalue weighted by molar-refractivity contribution is 5.47. The average Bonchev–Trinajstić information content (AvgIpc) is 2.47. The molecule has 3 aliphatic heterocycles. The van der Waals surface area contributed by atoms with Crippen LogP contribution in [0.15, 0.2) is 18.2 Å². The Morgan fingerprint density at radius 2 is 1.61 bits per heavy atom. The summed E-state index contributed by atoms with van der Waals surface area (Å²) in [4.78, 5) is 2.42. The van der Waals surface area contributed by atoms with Gasteiger partial charge in [0.05, 0.1) is 14.2 Å². The van der Waals surface area contributed by atoms with Crippen LogP contribution in [-0.4, -0.2) is 32.2 Å². The van der Waals surface area contributed by atoms with E-state index < -0.39 is 0 Å². The van der Waals surface area contributed by atoms with E-state index in [4.69, 9.17) is 9.47 Å². The molecule has 96 valence electrons. The van der Waals surface area contributed by atoms with Gasteiger partial charge in [-0.15, -0.1) is 0 Å². The molecule has 0 unspecified atom stereocenters. The molecule has 0 spiro atoms. The maximum Gasteiger partial charge on any atom is 0.122 e. The topological polar surface area (TPSA) is 21.7 Å². The summed E-state index contributed by atoms with van der Waals surface area (Å²) in [6.07, 6.45) is 2.54. The molecule has 3 fully saturated rings. The van der Waals surface area contributed by atoms with E-state index in [1.807, 2.05) is 6.07 Å². The first-order valence-electron chi connectivity index (χ1n) is 6.49. The Hall–Kier alpha value is -1.22. The van der Waals surface area contributed by atoms with E-state index in [2.05, 4.69) is 23.6 Å². The zero-order valence-electron chi connectivity index (χ0n) is 11.0. The largest absolute Gasteiger partial charge is 0.497 e. The third-order valence-corrected chi connectivity index (χ3v) is 3.98. The molecule has 3 nitrogen and oxygen atoms in total. The van der Waals surface area contributed by atoms with E-state index in [0.717, 1.165) is 11.5 Å². The Balaban J connectivity index is 1.91. The van der Waals surface area contributed by atoms with Crippen LogP contribution in [0.2, 0.25) is 0 Å². The van der Waals surface area contributed by atoms with Crippen molar-refractivity contribution in [3.63, 3.8) is 0 Å².